The molecule has 1 aromatic heterocycles. The molecular formula is C16H17N3O. The van der Waals surface area contributed by atoms with Crippen molar-refractivity contribution in [3.8, 4) is 0 Å². The maximum absolute atomic E-state index is 12.3. The second kappa shape index (κ2) is 4.47. The first-order valence-electron chi connectivity index (χ1n) is 7.23. The standard InChI is InChI=1S/C16H17N3O/c20-16-8-5-12-3-1-2-4-14(12)19(16)11-15-17-9-10-18(15)13-6-7-13/h1-4,9-10,13H,5-8,11H2. The quantitative estimate of drug-likeness (QED) is 0.857. The minimum absolute atomic E-state index is 0.203. The number of aromatic nitrogens is 2. The lowest BCUT2D eigenvalue weighted by Crippen LogP contribution is -2.35. The highest BCUT2D eigenvalue weighted by molar-refractivity contribution is 5.96. The van der Waals surface area contributed by atoms with Crippen LogP contribution in [0, 0.1) is 0 Å². The van der Waals surface area contributed by atoms with E-state index >= 15 is 0 Å². The lowest BCUT2D eigenvalue weighted by atomic mass is 10.0. The smallest absolute Gasteiger partial charge is 0.227 e. The summed E-state index contributed by atoms with van der Waals surface area (Å²) in [4.78, 5) is 18.6. The van der Waals surface area contributed by atoms with Gasteiger partial charge in [0.2, 0.25) is 5.91 Å². The molecule has 1 fully saturated rings. The first kappa shape index (κ1) is 11.7. The van der Waals surface area contributed by atoms with E-state index in [4.69, 9.17) is 0 Å². The molecule has 0 radical (unpaired) electrons. The molecule has 0 bridgehead atoms. The largest absolute Gasteiger partial charge is 0.330 e. The monoisotopic (exact) mass is 267 g/mol. The number of carbonyl (C=O) groups is 1. The summed E-state index contributed by atoms with van der Waals surface area (Å²) in [7, 11) is 0. The number of para-hydroxylation sites is 1. The van der Waals surface area contributed by atoms with E-state index in [1.54, 1.807) is 0 Å². The number of carbonyl (C=O) groups excluding carboxylic acids is 1. The number of benzene rings is 1. The molecule has 4 nitrogen and oxygen atoms in total. The summed E-state index contributed by atoms with van der Waals surface area (Å²) >= 11 is 0. The number of amides is 1. The lowest BCUT2D eigenvalue weighted by Gasteiger charge is -2.29. The zero-order chi connectivity index (χ0) is 13.5. The van der Waals surface area contributed by atoms with Gasteiger partial charge in [-0.25, -0.2) is 4.98 Å². The first-order valence-corrected chi connectivity index (χ1v) is 7.23. The Bertz CT molecular complexity index is 657. The molecule has 1 aromatic carbocycles. The highest BCUT2D eigenvalue weighted by Gasteiger charge is 2.29. The fourth-order valence-corrected chi connectivity index (χ4v) is 2.96. The number of hydrogen-bond acceptors (Lipinski definition) is 2. The molecule has 0 N–H and O–H groups in total. The van der Waals surface area contributed by atoms with Gasteiger partial charge in [0, 0.05) is 30.5 Å². The van der Waals surface area contributed by atoms with Gasteiger partial charge in [0.15, 0.2) is 0 Å². The van der Waals surface area contributed by atoms with Gasteiger partial charge >= 0.3 is 0 Å². The average Bonchev–Trinajstić information content (AvgIpc) is 3.22. The van der Waals surface area contributed by atoms with Crippen molar-refractivity contribution in [2.45, 2.75) is 38.3 Å². The van der Waals surface area contributed by atoms with Crippen LogP contribution in [0.2, 0.25) is 0 Å². The molecule has 0 saturated heterocycles. The highest BCUT2D eigenvalue weighted by Crippen LogP contribution is 2.36. The third kappa shape index (κ3) is 1.92. The molecule has 1 amide bonds. The summed E-state index contributed by atoms with van der Waals surface area (Å²) in [5, 5.41) is 0. The molecule has 4 heteroatoms. The molecule has 1 aliphatic heterocycles. The first-order chi connectivity index (χ1) is 9.83. The van der Waals surface area contributed by atoms with Crippen LogP contribution < -0.4 is 4.90 Å². The van der Waals surface area contributed by atoms with E-state index in [2.05, 4.69) is 15.6 Å². The van der Waals surface area contributed by atoms with Crippen LogP contribution in [0.4, 0.5) is 5.69 Å². The minimum Gasteiger partial charge on any atom is -0.330 e. The SMILES string of the molecule is O=C1CCc2ccccc2N1Cc1nccn1C1CC1. The van der Waals surface area contributed by atoms with Crippen molar-refractivity contribution in [1.82, 2.24) is 9.55 Å². The van der Waals surface area contributed by atoms with E-state index in [9.17, 15) is 4.79 Å². The van der Waals surface area contributed by atoms with Crippen LogP contribution in [0.15, 0.2) is 36.7 Å². The van der Waals surface area contributed by atoms with Crippen LogP contribution in [-0.2, 0) is 17.8 Å². The summed E-state index contributed by atoms with van der Waals surface area (Å²) in [6, 6.07) is 8.79. The highest BCUT2D eigenvalue weighted by atomic mass is 16.2. The Labute approximate surface area is 118 Å². The van der Waals surface area contributed by atoms with Crippen molar-refractivity contribution in [2.75, 3.05) is 4.90 Å². The topological polar surface area (TPSA) is 38.1 Å². The second-order valence-electron chi connectivity index (χ2n) is 5.59. The maximum atomic E-state index is 12.3. The predicted octanol–water partition coefficient (Wildman–Crippen LogP) is 2.70. The second-order valence-corrected chi connectivity index (χ2v) is 5.59. The Balaban J connectivity index is 1.67. The van der Waals surface area contributed by atoms with Crippen LogP contribution in [0.1, 0.15) is 36.7 Å². The van der Waals surface area contributed by atoms with Crippen molar-refractivity contribution >= 4 is 11.6 Å². The van der Waals surface area contributed by atoms with E-state index in [1.807, 2.05) is 35.5 Å². The predicted molar refractivity (Wildman–Crippen MR) is 76.5 cm³/mol. The Kier molecular flexibility index (Phi) is 2.62. The summed E-state index contributed by atoms with van der Waals surface area (Å²) in [5.41, 5.74) is 2.31. The van der Waals surface area contributed by atoms with Crippen LogP contribution >= 0.6 is 0 Å². The molecule has 0 unspecified atom stereocenters. The average molecular weight is 267 g/mol. The van der Waals surface area contributed by atoms with Crippen molar-refractivity contribution in [2.24, 2.45) is 0 Å². The van der Waals surface area contributed by atoms with Gasteiger partial charge in [-0.1, -0.05) is 18.2 Å². The van der Waals surface area contributed by atoms with Gasteiger partial charge < -0.3 is 9.47 Å². The summed E-state index contributed by atoms with van der Waals surface area (Å²) in [5.74, 6) is 1.20. The van der Waals surface area contributed by atoms with Gasteiger partial charge in [-0.05, 0) is 30.9 Å². The van der Waals surface area contributed by atoms with Crippen molar-refractivity contribution in [3.63, 3.8) is 0 Å². The molecule has 2 aliphatic rings. The molecule has 1 saturated carbocycles. The Morgan fingerprint density at radius 2 is 2.05 bits per heavy atom. The third-order valence-corrected chi connectivity index (χ3v) is 4.18. The van der Waals surface area contributed by atoms with E-state index in [1.165, 1.54) is 18.4 Å². The van der Waals surface area contributed by atoms with Crippen molar-refractivity contribution < 1.29 is 4.79 Å². The Morgan fingerprint density at radius 1 is 1.20 bits per heavy atom. The summed E-state index contributed by atoms with van der Waals surface area (Å²) in [6.07, 6.45) is 7.78. The van der Waals surface area contributed by atoms with Crippen LogP contribution in [0.5, 0.6) is 0 Å². The molecule has 2 aromatic rings. The lowest BCUT2D eigenvalue weighted by molar-refractivity contribution is -0.119. The van der Waals surface area contributed by atoms with Gasteiger partial charge in [-0.15, -0.1) is 0 Å². The van der Waals surface area contributed by atoms with Crippen molar-refractivity contribution in [1.29, 1.82) is 0 Å². The number of imidazole rings is 1. The van der Waals surface area contributed by atoms with Gasteiger partial charge in [-0.3, -0.25) is 4.79 Å². The Hall–Kier alpha value is -2.10. The van der Waals surface area contributed by atoms with E-state index in [0.29, 0.717) is 19.0 Å². The molecule has 4 rings (SSSR count). The van der Waals surface area contributed by atoms with Crippen LogP contribution in [0.3, 0.4) is 0 Å². The van der Waals surface area contributed by atoms with Crippen LogP contribution in [0.25, 0.3) is 0 Å². The number of anilines is 1. The van der Waals surface area contributed by atoms with Gasteiger partial charge in [0.05, 0.1) is 6.54 Å². The van der Waals surface area contributed by atoms with Gasteiger partial charge in [0.25, 0.3) is 0 Å². The fourth-order valence-electron chi connectivity index (χ4n) is 2.96. The number of aryl methyl sites for hydroxylation is 1. The molecular weight excluding hydrogens is 250 g/mol. The minimum atomic E-state index is 0.203. The summed E-state index contributed by atoms with van der Waals surface area (Å²) < 4.78 is 2.23. The van der Waals surface area contributed by atoms with Crippen molar-refractivity contribution in [3.05, 3.63) is 48.0 Å². The zero-order valence-electron chi connectivity index (χ0n) is 11.3. The van der Waals surface area contributed by atoms with Crippen LogP contribution in [-0.4, -0.2) is 15.5 Å². The van der Waals surface area contributed by atoms with Gasteiger partial charge in [-0.2, -0.15) is 0 Å². The number of hydrogen-bond donors (Lipinski definition) is 0. The number of rotatable bonds is 3. The van der Waals surface area contributed by atoms with E-state index < -0.39 is 0 Å². The maximum Gasteiger partial charge on any atom is 0.227 e. The third-order valence-electron chi connectivity index (χ3n) is 4.18. The number of nitrogens with zero attached hydrogens (tertiary/aromatic N) is 3. The molecule has 102 valence electrons. The molecule has 2 heterocycles. The summed E-state index contributed by atoms with van der Waals surface area (Å²) in [6.45, 7) is 0.583. The molecule has 0 spiro atoms. The Morgan fingerprint density at radius 3 is 2.90 bits per heavy atom. The zero-order valence-corrected chi connectivity index (χ0v) is 11.3. The van der Waals surface area contributed by atoms with E-state index in [0.717, 1.165) is 17.9 Å². The van der Waals surface area contributed by atoms with Gasteiger partial charge in [0.1, 0.15) is 5.82 Å². The van der Waals surface area contributed by atoms with E-state index in [-0.39, 0.29) is 5.91 Å². The molecule has 1 aliphatic carbocycles. The molecule has 20 heavy (non-hydrogen) atoms. The molecule has 0 atom stereocenters. The normalized spacial score (nSPS) is 18.2. The number of fused-ring (bicyclic) bond motifs is 1. The fraction of sp³-hybridized carbons (Fsp3) is 0.375.